The Morgan fingerprint density at radius 2 is 1.65 bits per heavy atom. The second-order valence-electron chi connectivity index (χ2n) is 12.1. The van der Waals surface area contributed by atoms with Gasteiger partial charge < -0.3 is 21.1 Å². The standard InChI is InChI=1S/C34H31NO8/c1-15(12-18-8-5-7-17-6-3-4-9-21(17)18)13-19-10-11-20-16(2)24-27(30(39)25(20)28(19)37)32(41)34(43)22(29(24)38)14-23(36)26(31(34)40)33(35)42/h3-11,16,22,24,26-27,29,37-38,43H,1,12-14H2,2H3,(H2,35,42)/t16-,22+,24+,26?,27?,29+,34+/m0/s1. The number of hydrogen-bond donors (Lipinski definition) is 4. The van der Waals surface area contributed by atoms with Crippen molar-refractivity contribution in [3.8, 4) is 5.75 Å². The molecule has 2 saturated carbocycles. The molecular weight excluding hydrogens is 550 g/mol. The van der Waals surface area contributed by atoms with Gasteiger partial charge in [0.1, 0.15) is 5.75 Å². The molecule has 9 heteroatoms. The largest absolute Gasteiger partial charge is 0.507 e. The Morgan fingerprint density at radius 3 is 2.37 bits per heavy atom. The first-order valence-electron chi connectivity index (χ1n) is 14.2. The molecule has 3 aliphatic carbocycles. The number of aliphatic hydroxyl groups excluding tert-OH is 1. The normalized spacial score (nSPS) is 30.0. The van der Waals surface area contributed by atoms with Gasteiger partial charge in [-0.1, -0.05) is 73.7 Å². The number of aromatic hydroxyl groups is 1. The first kappa shape index (κ1) is 28.6. The molecule has 3 aromatic rings. The van der Waals surface area contributed by atoms with Gasteiger partial charge in [-0.15, -0.1) is 0 Å². The van der Waals surface area contributed by atoms with Crippen molar-refractivity contribution < 1.29 is 39.3 Å². The average Bonchev–Trinajstić information content (AvgIpc) is 2.96. The molecule has 220 valence electrons. The fraction of sp³-hybridized carbons (Fsp3) is 0.324. The van der Waals surface area contributed by atoms with Crippen molar-refractivity contribution in [2.24, 2.45) is 29.4 Å². The number of Topliss-reactive ketones (excluding diaryl/α,β-unsaturated/α-hetero) is 4. The highest BCUT2D eigenvalue weighted by atomic mass is 16.3. The highest BCUT2D eigenvalue weighted by Crippen LogP contribution is 2.54. The van der Waals surface area contributed by atoms with E-state index in [1.54, 1.807) is 19.1 Å². The zero-order valence-corrected chi connectivity index (χ0v) is 23.4. The summed E-state index contributed by atoms with van der Waals surface area (Å²) in [4.78, 5) is 65.5. The summed E-state index contributed by atoms with van der Waals surface area (Å²) in [5, 5.41) is 36.3. The molecule has 9 nitrogen and oxygen atoms in total. The van der Waals surface area contributed by atoms with E-state index < -0.39 is 76.8 Å². The van der Waals surface area contributed by atoms with Crippen molar-refractivity contribution in [2.45, 2.75) is 43.8 Å². The highest BCUT2D eigenvalue weighted by Gasteiger charge is 2.69. The van der Waals surface area contributed by atoms with Crippen molar-refractivity contribution in [3.63, 3.8) is 0 Å². The average molecular weight is 582 g/mol. The van der Waals surface area contributed by atoms with Crippen LogP contribution in [0.5, 0.6) is 5.75 Å². The van der Waals surface area contributed by atoms with Gasteiger partial charge in [0.2, 0.25) is 5.91 Å². The Balaban J connectivity index is 1.34. The fourth-order valence-corrected chi connectivity index (χ4v) is 7.59. The van der Waals surface area contributed by atoms with E-state index >= 15 is 0 Å². The van der Waals surface area contributed by atoms with Crippen molar-refractivity contribution in [2.75, 3.05) is 0 Å². The zero-order valence-electron chi connectivity index (χ0n) is 23.4. The van der Waals surface area contributed by atoms with E-state index in [0.29, 0.717) is 17.5 Å². The van der Waals surface area contributed by atoms with Crippen LogP contribution in [0.4, 0.5) is 0 Å². The molecule has 2 fully saturated rings. The topological polar surface area (TPSA) is 172 Å². The number of aliphatic hydroxyl groups is 2. The molecule has 7 atom stereocenters. The van der Waals surface area contributed by atoms with Crippen LogP contribution in [0.15, 0.2) is 66.7 Å². The Labute approximate surface area is 247 Å². The SMILES string of the molecule is C=C(Cc1ccc2c(c1O)C(=O)C1C(=O)[C@]3(O)C(=O)C(C(N)=O)C(=O)C[C@@H]3[C@@H](O)[C@@H]1[C@H]2C)Cc1cccc2ccccc12. The summed E-state index contributed by atoms with van der Waals surface area (Å²) >= 11 is 0. The van der Waals surface area contributed by atoms with Gasteiger partial charge in [-0.3, -0.25) is 24.0 Å². The minimum atomic E-state index is -2.94. The van der Waals surface area contributed by atoms with Crippen molar-refractivity contribution >= 4 is 39.8 Å². The lowest BCUT2D eigenvalue weighted by Crippen LogP contribution is -2.72. The Morgan fingerprint density at radius 1 is 0.977 bits per heavy atom. The molecule has 5 N–H and O–H groups in total. The molecule has 0 spiro atoms. The third-order valence-electron chi connectivity index (χ3n) is 9.70. The van der Waals surface area contributed by atoms with Crippen LogP contribution >= 0.6 is 0 Å². The predicted molar refractivity (Wildman–Crippen MR) is 155 cm³/mol. The van der Waals surface area contributed by atoms with Gasteiger partial charge >= 0.3 is 0 Å². The third-order valence-corrected chi connectivity index (χ3v) is 9.70. The first-order chi connectivity index (χ1) is 20.4. The number of benzene rings is 3. The van der Waals surface area contributed by atoms with Gasteiger partial charge in [-0.05, 0) is 46.2 Å². The van der Waals surface area contributed by atoms with Gasteiger partial charge in [0.05, 0.1) is 17.6 Å². The lowest BCUT2D eigenvalue weighted by Gasteiger charge is -2.52. The van der Waals surface area contributed by atoms with Crippen LogP contribution in [0.25, 0.3) is 10.8 Å². The Kier molecular flexibility index (Phi) is 6.71. The number of phenols is 1. The summed E-state index contributed by atoms with van der Waals surface area (Å²) in [6, 6.07) is 17.3. The van der Waals surface area contributed by atoms with Crippen molar-refractivity contribution in [3.05, 3.63) is 89.0 Å². The highest BCUT2D eigenvalue weighted by molar-refractivity contribution is 6.31. The zero-order chi connectivity index (χ0) is 31.0. The predicted octanol–water partition coefficient (Wildman–Crippen LogP) is 2.35. The number of rotatable bonds is 5. The van der Waals surface area contributed by atoms with Gasteiger partial charge in [0.25, 0.3) is 0 Å². The first-order valence-corrected chi connectivity index (χ1v) is 14.2. The lowest BCUT2D eigenvalue weighted by molar-refractivity contribution is -0.189. The van der Waals surface area contributed by atoms with Crippen LogP contribution < -0.4 is 5.73 Å². The van der Waals surface area contributed by atoms with E-state index in [1.165, 1.54) is 0 Å². The molecule has 0 heterocycles. The van der Waals surface area contributed by atoms with Gasteiger partial charge in [0.15, 0.2) is 34.7 Å². The van der Waals surface area contributed by atoms with E-state index in [-0.39, 0.29) is 17.7 Å². The number of primary amides is 1. The molecule has 0 bridgehead atoms. The molecule has 43 heavy (non-hydrogen) atoms. The molecule has 3 aromatic carbocycles. The molecule has 0 radical (unpaired) electrons. The third kappa shape index (κ3) is 4.10. The summed E-state index contributed by atoms with van der Waals surface area (Å²) < 4.78 is 0. The molecule has 0 aromatic heterocycles. The van der Waals surface area contributed by atoms with Crippen molar-refractivity contribution in [1.82, 2.24) is 0 Å². The number of allylic oxidation sites excluding steroid dienone is 1. The summed E-state index contributed by atoms with van der Waals surface area (Å²) in [6.45, 7) is 5.88. The summed E-state index contributed by atoms with van der Waals surface area (Å²) in [7, 11) is 0. The summed E-state index contributed by atoms with van der Waals surface area (Å²) in [6.07, 6.45) is -1.46. The van der Waals surface area contributed by atoms with E-state index in [0.717, 1.165) is 21.9 Å². The fourth-order valence-electron chi connectivity index (χ4n) is 7.59. The van der Waals surface area contributed by atoms with Crippen molar-refractivity contribution in [1.29, 1.82) is 0 Å². The second-order valence-corrected chi connectivity index (χ2v) is 12.1. The summed E-state index contributed by atoms with van der Waals surface area (Å²) in [5.74, 6) is -13.0. The monoisotopic (exact) mass is 581 g/mol. The minimum absolute atomic E-state index is 0.113. The molecule has 0 saturated heterocycles. The quantitative estimate of drug-likeness (QED) is 0.263. The van der Waals surface area contributed by atoms with E-state index in [4.69, 9.17) is 5.73 Å². The molecular formula is C34H31NO8. The van der Waals surface area contributed by atoms with Crippen LogP contribution in [0.3, 0.4) is 0 Å². The van der Waals surface area contributed by atoms with Crippen LogP contribution in [-0.2, 0) is 32.0 Å². The van der Waals surface area contributed by atoms with Crippen LogP contribution in [0.1, 0.15) is 46.3 Å². The summed E-state index contributed by atoms with van der Waals surface area (Å²) in [5.41, 5.74) is 4.83. The van der Waals surface area contributed by atoms with Crippen LogP contribution in [-0.4, -0.2) is 56.1 Å². The number of carbonyl (C=O) groups excluding carboxylic acids is 5. The lowest BCUT2D eigenvalue weighted by atomic mass is 9.50. The molecule has 0 aliphatic heterocycles. The van der Waals surface area contributed by atoms with Gasteiger partial charge in [-0.25, -0.2) is 0 Å². The molecule has 2 unspecified atom stereocenters. The minimum Gasteiger partial charge on any atom is -0.507 e. The van der Waals surface area contributed by atoms with Gasteiger partial charge in [0, 0.05) is 18.3 Å². The number of phenolic OH excluding ortho intramolecular Hbond substituents is 1. The molecule has 3 aliphatic rings. The maximum Gasteiger partial charge on any atom is 0.235 e. The van der Waals surface area contributed by atoms with Crippen LogP contribution in [0, 0.1) is 23.7 Å². The Hall–Kier alpha value is -4.47. The maximum absolute atomic E-state index is 14.0. The smallest absolute Gasteiger partial charge is 0.235 e. The van der Waals surface area contributed by atoms with E-state index in [2.05, 4.69) is 6.58 Å². The second kappa shape index (κ2) is 10.1. The Bertz CT molecular complexity index is 1770. The number of carbonyl (C=O) groups is 5. The number of amides is 1. The van der Waals surface area contributed by atoms with Crippen LogP contribution in [0.2, 0.25) is 0 Å². The number of ketones is 4. The van der Waals surface area contributed by atoms with Gasteiger partial charge in [-0.2, -0.15) is 0 Å². The number of fused-ring (bicyclic) bond motifs is 4. The van der Waals surface area contributed by atoms with E-state index in [1.807, 2.05) is 42.5 Å². The van der Waals surface area contributed by atoms with E-state index in [9.17, 15) is 39.3 Å². The molecule has 1 amide bonds. The number of nitrogens with two attached hydrogens (primary N) is 1. The number of hydrogen-bond acceptors (Lipinski definition) is 8. The molecule has 6 rings (SSSR count). The maximum atomic E-state index is 14.0.